The quantitative estimate of drug-likeness (QED) is 0.475. The zero-order valence-electron chi connectivity index (χ0n) is 12.2. The Labute approximate surface area is 120 Å². The Morgan fingerprint density at radius 2 is 2.15 bits per heavy atom. The number of guanidine groups is 1. The molecule has 1 aromatic rings. The molecular weight excluding hydrogens is 255 g/mol. The third-order valence-electron chi connectivity index (χ3n) is 3.37. The SMILES string of the molecule is CN=C(NCCCN(C)c1ccccc1F)NC1CC1. The fourth-order valence-corrected chi connectivity index (χ4v) is 2.02. The van der Waals surface area contributed by atoms with Gasteiger partial charge in [0.25, 0.3) is 0 Å². The molecule has 1 fully saturated rings. The average Bonchev–Trinajstić information content (AvgIpc) is 3.26. The lowest BCUT2D eigenvalue weighted by molar-refractivity contribution is 0.619. The van der Waals surface area contributed by atoms with Gasteiger partial charge >= 0.3 is 0 Å². The fourth-order valence-electron chi connectivity index (χ4n) is 2.02. The highest BCUT2D eigenvalue weighted by atomic mass is 19.1. The molecule has 4 nitrogen and oxygen atoms in total. The molecule has 0 amide bonds. The topological polar surface area (TPSA) is 39.7 Å². The Kier molecular flexibility index (Phi) is 5.21. The van der Waals surface area contributed by atoms with Crippen molar-refractivity contribution in [2.24, 2.45) is 4.99 Å². The number of nitrogens with zero attached hydrogens (tertiary/aromatic N) is 2. The van der Waals surface area contributed by atoms with Crippen molar-refractivity contribution in [1.82, 2.24) is 10.6 Å². The lowest BCUT2D eigenvalue weighted by Gasteiger charge is -2.20. The van der Waals surface area contributed by atoms with Crippen LogP contribution in [0.1, 0.15) is 19.3 Å². The third kappa shape index (κ3) is 4.40. The van der Waals surface area contributed by atoms with Crippen molar-refractivity contribution in [3.63, 3.8) is 0 Å². The number of hydrogen-bond acceptors (Lipinski definition) is 2. The van der Waals surface area contributed by atoms with Crippen LogP contribution in [0, 0.1) is 5.82 Å². The number of para-hydroxylation sites is 1. The van der Waals surface area contributed by atoms with E-state index in [1.165, 1.54) is 18.9 Å². The Bertz CT molecular complexity index is 457. The number of hydrogen-bond donors (Lipinski definition) is 2. The lowest BCUT2D eigenvalue weighted by Crippen LogP contribution is -2.39. The summed E-state index contributed by atoms with van der Waals surface area (Å²) in [4.78, 5) is 6.12. The van der Waals surface area contributed by atoms with Crippen molar-refractivity contribution in [3.8, 4) is 0 Å². The Hall–Kier alpha value is -1.78. The van der Waals surface area contributed by atoms with Gasteiger partial charge in [0.1, 0.15) is 5.82 Å². The predicted molar refractivity (Wildman–Crippen MR) is 81.8 cm³/mol. The monoisotopic (exact) mass is 278 g/mol. The van der Waals surface area contributed by atoms with Crippen LogP contribution >= 0.6 is 0 Å². The van der Waals surface area contributed by atoms with Gasteiger partial charge < -0.3 is 15.5 Å². The highest BCUT2D eigenvalue weighted by molar-refractivity contribution is 5.80. The van der Waals surface area contributed by atoms with Gasteiger partial charge in [-0.2, -0.15) is 0 Å². The zero-order valence-corrected chi connectivity index (χ0v) is 12.2. The van der Waals surface area contributed by atoms with Crippen LogP contribution in [0.2, 0.25) is 0 Å². The zero-order chi connectivity index (χ0) is 14.4. The van der Waals surface area contributed by atoms with Gasteiger partial charge in [-0.15, -0.1) is 0 Å². The molecule has 0 aromatic heterocycles. The maximum atomic E-state index is 13.6. The highest BCUT2D eigenvalue weighted by Crippen LogP contribution is 2.18. The lowest BCUT2D eigenvalue weighted by atomic mass is 10.2. The normalized spacial score (nSPS) is 15.1. The van der Waals surface area contributed by atoms with E-state index in [0.29, 0.717) is 11.7 Å². The van der Waals surface area contributed by atoms with Crippen molar-refractivity contribution >= 4 is 11.6 Å². The molecule has 110 valence electrons. The number of nitrogens with one attached hydrogen (secondary N) is 2. The summed E-state index contributed by atoms with van der Waals surface area (Å²) in [5, 5.41) is 6.62. The first-order valence-corrected chi connectivity index (χ1v) is 7.13. The molecule has 1 aliphatic rings. The second-order valence-electron chi connectivity index (χ2n) is 5.14. The van der Waals surface area contributed by atoms with Gasteiger partial charge in [0.05, 0.1) is 5.69 Å². The van der Waals surface area contributed by atoms with Crippen LogP contribution in [-0.2, 0) is 0 Å². The second-order valence-corrected chi connectivity index (χ2v) is 5.14. The van der Waals surface area contributed by atoms with Crippen LogP contribution in [0.5, 0.6) is 0 Å². The van der Waals surface area contributed by atoms with E-state index in [2.05, 4.69) is 15.6 Å². The standard InChI is InChI=1S/C15H23FN4/c1-17-15(19-12-8-9-12)18-10-5-11-20(2)14-7-4-3-6-13(14)16/h3-4,6-7,12H,5,8-11H2,1-2H3,(H2,17,18,19). The second kappa shape index (κ2) is 7.12. The minimum absolute atomic E-state index is 0.172. The van der Waals surface area contributed by atoms with E-state index in [9.17, 15) is 4.39 Å². The molecule has 0 bridgehead atoms. The molecule has 2 rings (SSSR count). The third-order valence-corrected chi connectivity index (χ3v) is 3.37. The first kappa shape index (κ1) is 14.6. The van der Waals surface area contributed by atoms with Crippen LogP contribution in [0.25, 0.3) is 0 Å². The van der Waals surface area contributed by atoms with E-state index in [0.717, 1.165) is 25.5 Å². The van der Waals surface area contributed by atoms with Crippen molar-refractivity contribution in [2.45, 2.75) is 25.3 Å². The van der Waals surface area contributed by atoms with Crippen molar-refractivity contribution < 1.29 is 4.39 Å². The van der Waals surface area contributed by atoms with Crippen molar-refractivity contribution in [3.05, 3.63) is 30.1 Å². The van der Waals surface area contributed by atoms with Crippen LogP contribution in [-0.4, -0.2) is 39.2 Å². The summed E-state index contributed by atoms with van der Waals surface area (Å²) >= 11 is 0. The molecule has 0 spiro atoms. The van der Waals surface area contributed by atoms with E-state index in [4.69, 9.17) is 0 Å². The van der Waals surface area contributed by atoms with Crippen LogP contribution in [0.4, 0.5) is 10.1 Å². The average molecular weight is 278 g/mol. The molecule has 5 heteroatoms. The van der Waals surface area contributed by atoms with Crippen LogP contribution in [0.3, 0.4) is 0 Å². The molecule has 1 aromatic carbocycles. The molecule has 0 atom stereocenters. The smallest absolute Gasteiger partial charge is 0.191 e. The Morgan fingerprint density at radius 3 is 2.80 bits per heavy atom. The van der Waals surface area contributed by atoms with Gasteiger partial charge in [-0.1, -0.05) is 12.1 Å². The molecule has 20 heavy (non-hydrogen) atoms. The molecule has 0 heterocycles. The van der Waals surface area contributed by atoms with Gasteiger partial charge in [-0.25, -0.2) is 4.39 Å². The van der Waals surface area contributed by atoms with Gasteiger partial charge in [-0.05, 0) is 31.4 Å². The number of anilines is 1. The summed E-state index contributed by atoms with van der Waals surface area (Å²) in [6, 6.07) is 7.46. The van der Waals surface area contributed by atoms with E-state index >= 15 is 0 Å². The summed E-state index contributed by atoms with van der Waals surface area (Å²) in [5.74, 6) is 0.690. The molecule has 2 N–H and O–H groups in total. The molecule has 0 aliphatic heterocycles. The largest absolute Gasteiger partial charge is 0.372 e. The van der Waals surface area contributed by atoms with Crippen molar-refractivity contribution in [2.75, 3.05) is 32.1 Å². The molecule has 0 unspecified atom stereocenters. The van der Waals surface area contributed by atoms with Gasteiger partial charge in [-0.3, -0.25) is 4.99 Å². The molecule has 1 saturated carbocycles. The minimum atomic E-state index is -0.172. The Morgan fingerprint density at radius 1 is 1.40 bits per heavy atom. The summed E-state index contributed by atoms with van der Waals surface area (Å²) in [7, 11) is 3.69. The highest BCUT2D eigenvalue weighted by Gasteiger charge is 2.21. The van der Waals surface area contributed by atoms with E-state index in [1.54, 1.807) is 19.2 Å². The molecule has 1 aliphatic carbocycles. The van der Waals surface area contributed by atoms with E-state index < -0.39 is 0 Å². The predicted octanol–water partition coefficient (Wildman–Crippen LogP) is 1.98. The van der Waals surface area contributed by atoms with Gasteiger partial charge in [0.15, 0.2) is 5.96 Å². The summed E-state index contributed by atoms with van der Waals surface area (Å²) < 4.78 is 13.6. The van der Waals surface area contributed by atoms with Crippen LogP contribution < -0.4 is 15.5 Å². The Balaban J connectivity index is 1.68. The first-order chi connectivity index (χ1) is 9.70. The first-order valence-electron chi connectivity index (χ1n) is 7.13. The molecular formula is C15H23FN4. The van der Waals surface area contributed by atoms with Crippen LogP contribution in [0.15, 0.2) is 29.3 Å². The fraction of sp³-hybridized carbons (Fsp3) is 0.533. The molecule has 0 radical (unpaired) electrons. The van der Waals surface area contributed by atoms with Gasteiger partial charge in [0.2, 0.25) is 0 Å². The van der Waals surface area contributed by atoms with E-state index in [-0.39, 0.29) is 5.82 Å². The van der Waals surface area contributed by atoms with Crippen molar-refractivity contribution in [1.29, 1.82) is 0 Å². The summed E-state index contributed by atoms with van der Waals surface area (Å²) in [6.07, 6.45) is 3.39. The minimum Gasteiger partial charge on any atom is -0.372 e. The number of aliphatic imine (C=N–C) groups is 1. The number of halogens is 1. The maximum absolute atomic E-state index is 13.6. The number of benzene rings is 1. The summed E-state index contributed by atoms with van der Waals surface area (Å²) in [6.45, 7) is 1.62. The summed E-state index contributed by atoms with van der Waals surface area (Å²) in [5.41, 5.74) is 0.646. The molecule has 0 saturated heterocycles. The van der Waals surface area contributed by atoms with E-state index in [1.807, 2.05) is 18.0 Å². The maximum Gasteiger partial charge on any atom is 0.191 e. The number of rotatable bonds is 6. The van der Waals surface area contributed by atoms with Gasteiger partial charge in [0, 0.05) is 33.2 Å².